The molecule has 0 bridgehead atoms. The Hall–Kier alpha value is -1.69. The Bertz CT molecular complexity index is 807. The Morgan fingerprint density at radius 1 is 1.11 bits per heavy atom. The predicted molar refractivity (Wildman–Crippen MR) is 117 cm³/mol. The molecule has 0 saturated carbocycles. The summed E-state index contributed by atoms with van der Waals surface area (Å²) in [4.78, 5) is 27.9. The molecular weight excluding hydrogens is 415 g/mol. The van der Waals surface area contributed by atoms with Gasteiger partial charge in [0.15, 0.2) is 0 Å². The lowest BCUT2D eigenvalue weighted by atomic mass is 10.1. The van der Waals surface area contributed by atoms with Gasteiger partial charge in [-0.3, -0.25) is 9.59 Å². The van der Waals surface area contributed by atoms with Gasteiger partial charge in [0, 0.05) is 33.6 Å². The number of hydrogen-bond donors (Lipinski definition) is 1. The number of nitrogens with one attached hydrogen (secondary N) is 1. The van der Waals surface area contributed by atoms with Crippen LogP contribution in [0.3, 0.4) is 0 Å². The molecule has 2 aromatic carbocycles. The van der Waals surface area contributed by atoms with Crippen LogP contribution in [0.15, 0.2) is 47.4 Å². The van der Waals surface area contributed by atoms with Gasteiger partial charge >= 0.3 is 0 Å². The lowest BCUT2D eigenvalue weighted by molar-refractivity contribution is -0.138. The van der Waals surface area contributed by atoms with Crippen LogP contribution in [0.4, 0.5) is 0 Å². The Labute approximate surface area is 180 Å². The van der Waals surface area contributed by atoms with E-state index in [4.69, 9.17) is 23.2 Å². The fourth-order valence-corrected chi connectivity index (χ4v) is 3.92. The van der Waals surface area contributed by atoms with Crippen molar-refractivity contribution in [2.45, 2.75) is 38.3 Å². The van der Waals surface area contributed by atoms with E-state index in [1.54, 1.807) is 25.1 Å². The van der Waals surface area contributed by atoms with E-state index in [-0.39, 0.29) is 24.1 Å². The number of likely N-dealkylation sites (N-methyl/N-ethyl adjacent to an activating group) is 1. The van der Waals surface area contributed by atoms with Crippen LogP contribution in [0.1, 0.15) is 25.0 Å². The molecule has 0 heterocycles. The first-order valence-corrected chi connectivity index (χ1v) is 10.8. The summed E-state index contributed by atoms with van der Waals surface area (Å²) in [7, 11) is 0. The number of nitrogens with zero attached hydrogens (tertiary/aromatic N) is 1. The van der Waals surface area contributed by atoms with Crippen LogP contribution in [-0.4, -0.2) is 35.1 Å². The molecule has 0 aliphatic heterocycles. The summed E-state index contributed by atoms with van der Waals surface area (Å²) >= 11 is 14.0. The molecule has 0 unspecified atom stereocenters. The number of carbonyl (C=O) groups excluding carboxylic acids is 2. The van der Waals surface area contributed by atoms with Crippen molar-refractivity contribution < 1.29 is 9.59 Å². The van der Waals surface area contributed by atoms with Crippen molar-refractivity contribution in [3.8, 4) is 0 Å². The van der Waals surface area contributed by atoms with Crippen molar-refractivity contribution >= 4 is 46.8 Å². The van der Waals surface area contributed by atoms with Gasteiger partial charge in [0.25, 0.3) is 0 Å². The third-order valence-corrected chi connectivity index (χ3v) is 6.00. The minimum absolute atomic E-state index is 0.152. The second-order valence-corrected chi connectivity index (χ2v) is 8.26. The van der Waals surface area contributed by atoms with E-state index in [9.17, 15) is 9.59 Å². The predicted octanol–water partition coefficient (Wildman–Crippen LogP) is 4.95. The van der Waals surface area contributed by atoms with Crippen LogP contribution in [0.25, 0.3) is 0 Å². The first-order chi connectivity index (χ1) is 13.3. The zero-order chi connectivity index (χ0) is 20.7. The van der Waals surface area contributed by atoms with Crippen LogP contribution in [0.2, 0.25) is 10.0 Å². The SMILES string of the molecule is CCNC(=O)[C@@H](C)N(Cc1c(Cl)cccc1Cl)C(=O)CSc1ccc(C)cc1. The summed E-state index contributed by atoms with van der Waals surface area (Å²) in [5, 5.41) is 3.71. The van der Waals surface area contributed by atoms with Crippen molar-refractivity contribution in [2.24, 2.45) is 0 Å². The van der Waals surface area contributed by atoms with Gasteiger partial charge in [0.1, 0.15) is 6.04 Å². The largest absolute Gasteiger partial charge is 0.355 e. The number of carbonyl (C=O) groups is 2. The highest BCUT2D eigenvalue weighted by Gasteiger charge is 2.27. The number of benzene rings is 2. The van der Waals surface area contributed by atoms with Crippen LogP contribution < -0.4 is 5.32 Å². The monoisotopic (exact) mass is 438 g/mol. The molecule has 1 atom stereocenters. The summed E-state index contributed by atoms with van der Waals surface area (Å²) in [6, 6.07) is 12.5. The second-order valence-electron chi connectivity index (χ2n) is 6.39. The van der Waals surface area contributed by atoms with E-state index in [1.807, 2.05) is 38.1 Å². The zero-order valence-corrected chi connectivity index (χ0v) is 18.5. The van der Waals surface area contributed by atoms with Crippen molar-refractivity contribution in [1.82, 2.24) is 10.2 Å². The molecule has 0 saturated heterocycles. The quantitative estimate of drug-likeness (QED) is 0.593. The highest BCUT2D eigenvalue weighted by atomic mass is 35.5. The number of hydrogen-bond acceptors (Lipinski definition) is 3. The summed E-state index contributed by atoms with van der Waals surface area (Å²) in [5.41, 5.74) is 1.80. The van der Waals surface area contributed by atoms with E-state index in [0.717, 1.165) is 10.5 Å². The molecule has 150 valence electrons. The smallest absolute Gasteiger partial charge is 0.242 e. The zero-order valence-electron chi connectivity index (χ0n) is 16.2. The molecule has 0 fully saturated rings. The van der Waals surface area contributed by atoms with Gasteiger partial charge in [0.2, 0.25) is 11.8 Å². The molecule has 0 aromatic heterocycles. The Morgan fingerprint density at radius 3 is 2.29 bits per heavy atom. The minimum atomic E-state index is -0.640. The molecule has 4 nitrogen and oxygen atoms in total. The molecule has 2 rings (SSSR count). The molecule has 0 radical (unpaired) electrons. The summed E-state index contributed by atoms with van der Waals surface area (Å²) in [6.45, 7) is 6.24. The highest BCUT2D eigenvalue weighted by Crippen LogP contribution is 2.27. The number of amides is 2. The molecule has 0 aliphatic carbocycles. The van der Waals surface area contributed by atoms with Crippen molar-refractivity contribution in [3.05, 3.63) is 63.6 Å². The Balaban J connectivity index is 2.20. The van der Waals surface area contributed by atoms with Gasteiger partial charge in [-0.05, 0) is 45.0 Å². The van der Waals surface area contributed by atoms with Crippen molar-refractivity contribution in [1.29, 1.82) is 0 Å². The molecule has 7 heteroatoms. The molecule has 28 heavy (non-hydrogen) atoms. The lowest BCUT2D eigenvalue weighted by Crippen LogP contribution is -2.48. The van der Waals surface area contributed by atoms with E-state index < -0.39 is 6.04 Å². The number of halogens is 2. The fraction of sp³-hybridized carbons (Fsp3) is 0.333. The maximum atomic E-state index is 13.0. The molecular formula is C21H24Cl2N2O2S. The lowest BCUT2D eigenvalue weighted by Gasteiger charge is -2.29. The van der Waals surface area contributed by atoms with Gasteiger partial charge in [-0.15, -0.1) is 11.8 Å². The number of rotatable bonds is 8. The summed E-state index contributed by atoms with van der Waals surface area (Å²) in [5.74, 6) is -0.144. The number of thioether (sulfide) groups is 1. The first-order valence-electron chi connectivity index (χ1n) is 9.03. The third-order valence-electron chi connectivity index (χ3n) is 4.29. The van der Waals surface area contributed by atoms with Gasteiger partial charge in [0.05, 0.1) is 5.75 Å². The Morgan fingerprint density at radius 2 is 1.71 bits per heavy atom. The number of aryl methyl sites for hydroxylation is 1. The molecule has 2 amide bonds. The van der Waals surface area contributed by atoms with Gasteiger partial charge in [-0.25, -0.2) is 0 Å². The maximum Gasteiger partial charge on any atom is 0.242 e. The summed E-state index contributed by atoms with van der Waals surface area (Å²) in [6.07, 6.45) is 0. The van der Waals surface area contributed by atoms with E-state index >= 15 is 0 Å². The maximum absolute atomic E-state index is 13.0. The van der Waals surface area contributed by atoms with E-state index in [0.29, 0.717) is 22.2 Å². The molecule has 2 aromatic rings. The van der Waals surface area contributed by atoms with Crippen LogP contribution in [0, 0.1) is 6.92 Å². The van der Waals surface area contributed by atoms with Gasteiger partial charge < -0.3 is 10.2 Å². The van der Waals surface area contributed by atoms with Crippen LogP contribution in [0.5, 0.6) is 0 Å². The average molecular weight is 439 g/mol. The van der Waals surface area contributed by atoms with Gasteiger partial charge in [-0.2, -0.15) is 0 Å². The minimum Gasteiger partial charge on any atom is -0.355 e. The van der Waals surface area contributed by atoms with Crippen LogP contribution >= 0.6 is 35.0 Å². The summed E-state index contributed by atoms with van der Waals surface area (Å²) < 4.78 is 0. The normalized spacial score (nSPS) is 11.8. The van der Waals surface area contributed by atoms with E-state index in [2.05, 4.69) is 5.32 Å². The molecule has 1 N–H and O–H groups in total. The van der Waals surface area contributed by atoms with Crippen molar-refractivity contribution in [2.75, 3.05) is 12.3 Å². The standard InChI is InChI=1S/C21H24Cl2N2O2S/c1-4-24-21(27)15(3)25(12-17-18(22)6-5-7-19(17)23)20(26)13-28-16-10-8-14(2)9-11-16/h5-11,15H,4,12-13H2,1-3H3,(H,24,27)/t15-/m1/s1. The van der Waals surface area contributed by atoms with Gasteiger partial charge in [-0.1, -0.05) is 47.0 Å². The van der Waals surface area contributed by atoms with Crippen LogP contribution in [-0.2, 0) is 16.1 Å². The average Bonchev–Trinajstić information content (AvgIpc) is 2.67. The van der Waals surface area contributed by atoms with Crippen molar-refractivity contribution in [3.63, 3.8) is 0 Å². The first kappa shape index (κ1) is 22.6. The topological polar surface area (TPSA) is 49.4 Å². The van der Waals surface area contributed by atoms with E-state index in [1.165, 1.54) is 16.7 Å². The fourth-order valence-electron chi connectivity index (χ4n) is 2.62. The Kier molecular flexibility index (Phi) is 8.67. The molecule has 0 spiro atoms. The second kappa shape index (κ2) is 10.7. The third kappa shape index (κ3) is 6.16. The molecule has 0 aliphatic rings. The highest BCUT2D eigenvalue weighted by molar-refractivity contribution is 8.00.